The first kappa shape index (κ1) is 21.7. The third-order valence-electron chi connectivity index (χ3n) is 6.03. The molecule has 4 rings (SSSR count). The minimum absolute atomic E-state index is 0.0707. The number of carbonyl (C=O) groups is 2. The highest BCUT2D eigenvalue weighted by Crippen LogP contribution is 2.23. The lowest BCUT2D eigenvalue weighted by Crippen LogP contribution is -2.40. The Labute approximate surface area is 185 Å². The van der Waals surface area contributed by atoms with Crippen LogP contribution >= 0.6 is 0 Å². The normalized spacial score (nSPS) is 14.6. The third kappa shape index (κ3) is 4.56. The summed E-state index contributed by atoms with van der Waals surface area (Å²) in [5.74, 6) is 0.543. The van der Waals surface area contributed by atoms with Crippen LogP contribution < -0.4 is 10.3 Å². The number of aryl methyl sites for hydroxylation is 2. The van der Waals surface area contributed by atoms with E-state index in [0.717, 1.165) is 11.4 Å². The molecule has 168 valence electrons. The van der Waals surface area contributed by atoms with Crippen molar-refractivity contribution in [1.29, 1.82) is 0 Å². The molecule has 9 heteroatoms. The van der Waals surface area contributed by atoms with Crippen LogP contribution in [0.4, 0.5) is 0 Å². The van der Waals surface area contributed by atoms with Gasteiger partial charge in [0.2, 0.25) is 17.4 Å². The van der Waals surface area contributed by atoms with Crippen molar-refractivity contribution in [3.8, 4) is 5.88 Å². The number of pyridine rings is 1. The van der Waals surface area contributed by atoms with Crippen molar-refractivity contribution in [1.82, 2.24) is 24.3 Å². The highest BCUT2D eigenvalue weighted by atomic mass is 16.5. The number of likely N-dealkylation sites (tertiary alicyclic amines) is 1. The van der Waals surface area contributed by atoms with Crippen LogP contribution in [0, 0.1) is 12.8 Å². The fraction of sp³-hybridized carbons (Fsp3) is 0.435. The lowest BCUT2D eigenvalue weighted by molar-refractivity contribution is -0.132. The zero-order chi connectivity index (χ0) is 22.7. The van der Waals surface area contributed by atoms with Crippen LogP contribution in [0.5, 0.6) is 5.88 Å². The second-order valence-electron chi connectivity index (χ2n) is 8.16. The summed E-state index contributed by atoms with van der Waals surface area (Å²) in [4.78, 5) is 50.3. The van der Waals surface area contributed by atoms with E-state index in [1.54, 1.807) is 28.9 Å². The molecule has 1 fully saturated rings. The fourth-order valence-corrected chi connectivity index (χ4v) is 4.16. The zero-order valence-electron chi connectivity index (χ0n) is 18.3. The van der Waals surface area contributed by atoms with Gasteiger partial charge in [-0.15, -0.1) is 0 Å². The van der Waals surface area contributed by atoms with Crippen molar-refractivity contribution in [3.05, 3.63) is 58.0 Å². The average Bonchev–Trinajstić information content (AvgIpc) is 3.20. The number of hydrogen-bond acceptors (Lipinski definition) is 6. The monoisotopic (exact) mass is 437 g/mol. The smallest absolute Gasteiger partial charge is 0.291 e. The van der Waals surface area contributed by atoms with Gasteiger partial charge in [0.05, 0.1) is 7.11 Å². The van der Waals surface area contributed by atoms with Crippen LogP contribution in [-0.2, 0) is 11.2 Å². The number of rotatable bonds is 7. The van der Waals surface area contributed by atoms with E-state index in [0.29, 0.717) is 62.3 Å². The standard InChI is InChI=1S/C23H27N5O4/c1-15-12-25-22-23(31)26-18(14-28(15)22)4-3-5-20(29)27-10-8-16(9-11-27)21(30)17-6-7-19(32-2)24-13-17/h6-7,12-14,16H,3-5,8-11H2,1-2H3,(H,26,31). The van der Waals surface area contributed by atoms with E-state index in [-0.39, 0.29) is 23.2 Å². The number of aromatic amines is 1. The Morgan fingerprint density at radius 2 is 1.97 bits per heavy atom. The molecule has 32 heavy (non-hydrogen) atoms. The summed E-state index contributed by atoms with van der Waals surface area (Å²) < 4.78 is 6.81. The van der Waals surface area contributed by atoms with E-state index in [4.69, 9.17) is 4.74 Å². The van der Waals surface area contributed by atoms with Gasteiger partial charge in [0, 0.05) is 67.0 Å². The molecule has 0 atom stereocenters. The van der Waals surface area contributed by atoms with Gasteiger partial charge < -0.3 is 14.6 Å². The Morgan fingerprint density at radius 3 is 2.66 bits per heavy atom. The number of methoxy groups -OCH3 is 1. The summed E-state index contributed by atoms with van der Waals surface area (Å²) in [7, 11) is 1.54. The van der Waals surface area contributed by atoms with Gasteiger partial charge in [-0.2, -0.15) is 0 Å². The lowest BCUT2D eigenvalue weighted by atomic mass is 9.89. The number of H-pyrrole nitrogens is 1. The molecule has 1 N–H and O–H groups in total. The highest BCUT2D eigenvalue weighted by molar-refractivity contribution is 5.97. The van der Waals surface area contributed by atoms with Gasteiger partial charge in [-0.3, -0.25) is 18.8 Å². The molecule has 1 aliphatic rings. The van der Waals surface area contributed by atoms with Crippen molar-refractivity contribution < 1.29 is 14.3 Å². The predicted octanol–water partition coefficient (Wildman–Crippen LogP) is 2.18. The summed E-state index contributed by atoms with van der Waals surface area (Å²) in [5, 5.41) is 0. The number of nitrogens with zero attached hydrogens (tertiary/aromatic N) is 4. The summed E-state index contributed by atoms with van der Waals surface area (Å²) >= 11 is 0. The van der Waals surface area contributed by atoms with Crippen molar-refractivity contribution >= 4 is 17.3 Å². The molecule has 0 bridgehead atoms. The van der Waals surface area contributed by atoms with Gasteiger partial charge in [-0.1, -0.05) is 0 Å². The Bertz CT molecular complexity index is 1170. The maximum absolute atomic E-state index is 12.7. The first-order valence-corrected chi connectivity index (χ1v) is 10.8. The third-order valence-corrected chi connectivity index (χ3v) is 6.03. The lowest BCUT2D eigenvalue weighted by Gasteiger charge is -2.31. The minimum Gasteiger partial charge on any atom is -0.481 e. The molecule has 0 spiro atoms. The number of fused-ring (bicyclic) bond motifs is 1. The SMILES string of the molecule is COc1ccc(C(=O)C2CCN(C(=O)CCCc3cn4c(C)cnc4c(=O)[nH]3)CC2)cn1. The largest absolute Gasteiger partial charge is 0.481 e. The van der Waals surface area contributed by atoms with Gasteiger partial charge in [-0.25, -0.2) is 9.97 Å². The maximum Gasteiger partial charge on any atom is 0.291 e. The minimum atomic E-state index is -0.222. The molecule has 0 aliphatic carbocycles. The molecule has 9 nitrogen and oxygen atoms in total. The number of amides is 1. The molecule has 0 radical (unpaired) electrons. The number of piperidine rings is 1. The molecule has 0 unspecified atom stereocenters. The van der Waals surface area contributed by atoms with Gasteiger partial charge in [0.15, 0.2) is 5.78 Å². The molecule has 3 aromatic rings. The number of ether oxygens (including phenoxy) is 1. The Balaban J connectivity index is 1.26. The molecule has 1 aliphatic heterocycles. The second kappa shape index (κ2) is 9.33. The number of Topliss-reactive ketones (excluding diaryl/α,β-unsaturated/α-hetero) is 1. The first-order valence-electron chi connectivity index (χ1n) is 10.8. The molecule has 3 aromatic heterocycles. The van der Waals surface area contributed by atoms with Gasteiger partial charge in [0.1, 0.15) is 0 Å². The van der Waals surface area contributed by atoms with Crippen LogP contribution in [0.15, 0.2) is 35.5 Å². The Kier molecular flexibility index (Phi) is 6.34. The fourth-order valence-electron chi connectivity index (χ4n) is 4.16. The maximum atomic E-state index is 12.7. The van der Waals surface area contributed by atoms with Crippen molar-refractivity contribution in [2.24, 2.45) is 5.92 Å². The molecule has 4 heterocycles. The van der Waals surface area contributed by atoms with Crippen LogP contribution in [-0.4, -0.2) is 56.1 Å². The summed E-state index contributed by atoms with van der Waals surface area (Å²) in [6.07, 6.45) is 8.04. The van der Waals surface area contributed by atoms with Gasteiger partial charge in [0.25, 0.3) is 5.56 Å². The zero-order valence-corrected chi connectivity index (χ0v) is 18.3. The molecular formula is C23H27N5O4. The topological polar surface area (TPSA) is 110 Å². The van der Waals surface area contributed by atoms with Crippen LogP contribution in [0.1, 0.15) is 47.4 Å². The van der Waals surface area contributed by atoms with E-state index in [9.17, 15) is 14.4 Å². The molecular weight excluding hydrogens is 410 g/mol. The summed E-state index contributed by atoms with van der Waals surface area (Å²) in [6, 6.07) is 3.42. The Morgan fingerprint density at radius 1 is 1.19 bits per heavy atom. The number of hydrogen-bond donors (Lipinski definition) is 1. The Hall–Kier alpha value is -3.49. The number of carbonyl (C=O) groups excluding carboxylic acids is 2. The van der Waals surface area contributed by atoms with E-state index in [2.05, 4.69) is 15.0 Å². The van der Waals surface area contributed by atoms with Crippen molar-refractivity contribution in [3.63, 3.8) is 0 Å². The molecule has 1 saturated heterocycles. The van der Waals surface area contributed by atoms with Gasteiger partial charge >= 0.3 is 0 Å². The van der Waals surface area contributed by atoms with Crippen molar-refractivity contribution in [2.45, 2.75) is 39.0 Å². The number of aromatic nitrogens is 4. The van der Waals surface area contributed by atoms with E-state index in [1.165, 1.54) is 7.11 Å². The van der Waals surface area contributed by atoms with E-state index in [1.807, 2.05) is 18.0 Å². The van der Waals surface area contributed by atoms with Crippen LogP contribution in [0.2, 0.25) is 0 Å². The first-order chi connectivity index (χ1) is 15.5. The second-order valence-corrected chi connectivity index (χ2v) is 8.16. The number of nitrogens with one attached hydrogen (secondary N) is 1. The van der Waals surface area contributed by atoms with Crippen LogP contribution in [0.25, 0.3) is 5.65 Å². The van der Waals surface area contributed by atoms with Crippen molar-refractivity contribution in [2.75, 3.05) is 20.2 Å². The highest BCUT2D eigenvalue weighted by Gasteiger charge is 2.28. The molecule has 0 saturated carbocycles. The summed E-state index contributed by atoms with van der Waals surface area (Å²) in [6.45, 7) is 3.05. The number of imidazole rings is 1. The molecule has 0 aromatic carbocycles. The van der Waals surface area contributed by atoms with Crippen LogP contribution in [0.3, 0.4) is 0 Å². The van der Waals surface area contributed by atoms with E-state index < -0.39 is 0 Å². The quantitative estimate of drug-likeness (QED) is 0.568. The average molecular weight is 438 g/mol. The summed E-state index contributed by atoms with van der Waals surface area (Å²) in [5.41, 5.74) is 2.42. The molecule has 1 amide bonds. The predicted molar refractivity (Wildman–Crippen MR) is 118 cm³/mol. The van der Waals surface area contributed by atoms with E-state index >= 15 is 0 Å². The number of ketones is 1. The van der Waals surface area contributed by atoms with Gasteiger partial charge in [-0.05, 0) is 38.7 Å².